The number of carboxylic acid groups (broad SMARTS) is 1. The van der Waals surface area contributed by atoms with Gasteiger partial charge in [0.2, 0.25) is 0 Å². The van der Waals surface area contributed by atoms with Crippen LogP contribution in [0.1, 0.15) is 18.9 Å². The van der Waals surface area contributed by atoms with Gasteiger partial charge in [0, 0.05) is 0 Å². The number of rotatable bonds is 3. The summed E-state index contributed by atoms with van der Waals surface area (Å²) < 4.78 is 0. The third kappa shape index (κ3) is 2.96. The lowest BCUT2D eigenvalue weighted by Gasteiger charge is -2.02. The second-order valence-corrected chi connectivity index (χ2v) is 3.20. The van der Waals surface area contributed by atoms with Gasteiger partial charge in [-0.3, -0.25) is 4.79 Å². The van der Waals surface area contributed by atoms with E-state index in [1.54, 1.807) is 19.1 Å². The van der Waals surface area contributed by atoms with Crippen LogP contribution in [0.25, 0.3) is 5.57 Å². The van der Waals surface area contributed by atoms with Crippen LogP contribution >= 0.6 is 0 Å². The third-order valence-corrected chi connectivity index (χ3v) is 2.02. The minimum atomic E-state index is -0.920. The van der Waals surface area contributed by atoms with E-state index in [4.69, 9.17) is 10.4 Å². The average molecular weight is 201 g/mol. The summed E-state index contributed by atoms with van der Waals surface area (Å²) in [6.45, 7) is 1.67. The van der Waals surface area contributed by atoms with Gasteiger partial charge in [-0.1, -0.05) is 30.3 Å². The lowest BCUT2D eigenvalue weighted by Crippen LogP contribution is -1.97. The van der Waals surface area contributed by atoms with Crippen molar-refractivity contribution in [3.63, 3.8) is 0 Å². The summed E-state index contributed by atoms with van der Waals surface area (Å²) in [6.07, 6.45) is -0.0994. The fourth-order valence-corrected chi connectivity index (χ4v) is 1.33. The van der Waals surface area contributed by atoms with Crippen LogP contribution in [0.4, 0.5) is 0 Å². The Bertz CT molecular complexity index is 427. The molecule has 15 heavy (non-hydrogen) atoms. The molecule has 0 fully saturated rings. The van der Waals surface area contributed by atoms with Crippen LogP contribution < -0.4 is 0 Å². The van der Waals surface area contributed by atoms with Crippen LogP contribution in [0.2, 0.25) is 0 Å². The van der Waals surface area contributed by atoms with E-state index in [1.165, 1.54) is 0 Å². The topological polar surface area (TPSA) is 61.1 Å². The predicted molar refractivity (Wildman–Crippen MR) is 56.9 cm³/mol. The largest absolute Gasteiger partial charge is 0.481 e. The monoisotopic (exact) mass is 201 g/mol. The van der Waals surface area contributed by atoms with E-state index in [0.29, 0.717) is 11.1 Å². The van der Waals surface area contributed by atoms with Crippen molar-refractivity contribution in [2.24, 2.45) is 0 Å². The van der Waals surface area contributed by atoms with Gasteiger partial charge in [0.05, 0.1) is 18.1 Å². The van der Waals surface area contributed by atoms with Gasteiger partial charge in [-0.2, -0.15) is 5.26 Å². The normalized spacial score (nSPS) is 11.5. The first kappa shape index (κ1) is 11.0. The van der Waals surface area contributed by atoms with E-state index in [2.05, 4.69) is 0 Å². The SMILES string of the molecule is C/C(CC(=O)O)=C(\C#N)c1ccccc1. The molecule has 1 aromatic rings. The van der Waals surface area contributed by atoms with Crippen LogP contribution in [0.5, 0.6) is 0 Å². The third-order valence-electron chi connectivity index (χ3n) is 2.02. The Balaban J connectivity index is 3.09. The number of hydrogen-bond donors (Lipinski definition) is 1. The van der Waals surface area contributed by atoms with E-state index in [0.717, 1.165) is 5.56 Å². The Labute approximate surface area is 88.3 Å². The number of benzene rings is 1. The van der Waals surface area contributed by atoms with Gasteiger partial charge in [0.15, 0.2) is 0 Å². The van der Waals surface area contributed by atoms with Gasteiger partial charge in [-0.05, 0) is 18.1 Å². The quantitative estimate of drug-likeness (QED) is 0.764. The molecule has 3 heteroatoms. The van der Waals surface area contributed by atoms with E-state index >= 15 is 0 Å². The summed E-state index contributed by atoms with van der Waals surface area (Å²) in [5.41, 5.74) is 1.79. The first-order valence-corrected chi connectivity index (χ1v) is 4.52. The van der Waals surface area contributed by atoms with Crippen LogP contribution in [0.3, 0.4) is 0 Å². The molecule has 0 saturated carbocycles. The van der Waals surface area contributed by atoms with Gasteiger partial charge in [-0.15, -0.1) is 0 Å². The maximum atomic E-state index is 10.5. The van der Waals surface area contributed by atoms with Crippen molar-refractivity contribution in [2.75, 3.05) is 0 Å². The molecule has 0 aliphatic rings. The molecule has 3 nitrogen and oxygen atoms in total. The Morgan fingerprint density at radius 1 is 1.40 bits per heavy atom. The molecule has 1 N–H and O–H groups in total. The zero-order valence-electron chi connectivity index (χ0n) is 8.40. The number of carbonyl (C=O) groups is 1. The van der Waals surface area contributed by atoms with Gasteiger partial charge in [0.1, 0.15) is 0 Å². The first-order valence-electron chi connectivity index (χ1n) is 4.52. The number of nitrogens with zero attached hydrogens (tertiary/aromatic N) is 1. The molecule has 76 valence electrons. The molecule has 1 aromatic carbocycles. The number of nitriles is 1. The highest BCUT2D eigenvalue weighted by Gasteiger charge is 2.07. The van der Waals surface area contributed by atoms with E-state index in [9.17, 15) is 4.79 Å². The van der Waals surface area contributed by atoms with Gasteiger partial charge < -0.3 is 5.11 Å². The molecule has 0 unspecified atom stereocenters. The van der Waals surface area contributed by atoms with Crippen LogP contribution in [-0.4, -0.2) is 11.1 Å². The lowest BCUT2D eigenvalue weighted by molar-refractivity contribution is -0.136. The Kier molecular flexibility index (Phi) is 3.64. The second kappa shape index (κ2) is 4.97. The lowest BCUT2D eigenvalue weighted by atomic mass is 10.0. The molecule has 0 radical (unpaired) electrons. The fraction of sp³-hybridized carbons (Fsp3) is 0.167. The van der Waals surface area contributed by atoms with Crippen molar-refractivity contribution in [3.05, 3.63) is 41.5 Å². The Morgan fingerprint density at radius 3 is 2.47 bits per heavy atom. The summed E-state index contributed by atoms with van der Waals surface area (Å²) in [5, 5.41) is 17.6. The van der Waals surface area contributed by atoms with E-state index < -0.39 is 5.97 Å². The standard InChI is InChI=1S/C12H11NO2/c1-9(7-12(14)15)11(8-13)10-5-3-2-4-6-10/h2-6H,7H2,1H3,(H,14,15)/b11-9-. The van der Waals surface area contributed by atoms with Crippen LogP contribution in [-0.2, 0) is 4.79 Å². The smallest absolute Gasteiger partial charge is 0.307 e. The van der Waals surface area contributed by atoms with Crippen molar-refractivity contribution < 1.29 is 9.90 Å². The number of allylic oxidation sites excluding steroid dienone is 1. The molecule has 0 bridgehead atoms. The Hall–Kier alpha value is -2.08. The molecule has 0 saturated heterocycles. The maximum Gasteiger partial charge on any atom is 0.307 e. The molecule has 0 aromatic heterocycles. The fourth-order valence-electron chi connectivity index (χ4n) is 1.33. The second-order valence-electron chi connectivity index (χ2n) is 3.20. The zero-order valence-corrected chi connectivity index (χ0v) is 8.40. The summed E-state index contributed by atoms with van der Waals surface area (Å²) in [7, 11) is 0. The summed E-state index contributed by atoms with van der Waals surface area (Å²) in [5.74, 6) is -0.920. The highest BCUT2D eigenvalue weighted by molar-refractivity contribution is 5.83. The summed E-state index contributed by atoms with van der Waals surface area (Å²) in [4.78, 5) is 10.5. The van der Waals surface area contributed by atoms with Crippen LogP contribution in [0.15, 0.2) is 35.9 Å². The number of hydrogen-bond acceptors (Lipinski definition) is 2. The van der Waals surface area contributed by atoms with E-state index in [1.807, 2.05) is 24.3 Å². The van der Waals surface area contributed by atoms with Crippen molar-refractivity contribution >= 4 is 11.5 Å². The molecule has 0 aliphatic heterocycles. The highest BCUT2D eigenvalue weighted by atomic mass is 16.4. The highest BCUT2D eigenvalue weighted by Crippen LogP contribution is 2.19. The first-order chi connectivity index (χ1) is 7.15. The molecule has 1 rings (SSSR count). The molecule has 0 heterocycles. The van der Waals surface area contributed by atoms with Gasteiger partial charge in [0.25, 0.3) is 0 Å². The minimum Gasteiger partial charge on any atom is -0.481 e. The van der Waals surface area contributed by atoms with Gasteiger partial charge >= 0.3 is 5.97 Å². The maximum absolute atomic E-state index is 10.5. The molecular formula is C12H11NO2. The van der Waals surface area contributed by atoms with Crippen molar-refractivity contribution in [2.45, 2.75) is 13.3 Å². The molecule has 0 aliphatic carbocycles. The Morgan fingerprint density at radius 2 is 2.00 bits per heavy atom. The summed E-state index contributed by atoms with van der Waals surface area (Å²) in [6, 6.07) is 11.1. The van der Waals surface area contributed by atoms with Crippen molar-refractivity contribution in [1.82, 2.24) is 0 Å². The molecule has 0 amide bonds. The van der Waals surface area contributed by atoms with Crippen LogP contribution in [0, 0.1) is 11.3 Å². The molecule has 0 atom stereocenters. The zero-order chi connectivity index (χ0) is 11.3. The van der Waals surface area contributed by atoms with Crippen molar-refractivity contribution in [3.8, 4) is 6.07 Å². The minimum absolute atomic E-state index is 0.0994. The van der Waals surface area contributed by atoms with Gasteiger partial charge in [-0.25, -0.2) is 0 Å². The van der Waals surface area contributed by atoms with E-state index in [-0.39, 0.29) is 6.42 Å². The van der Waals surface area contributed by atoms with Crippen molar-refractivity contribution in [1.29, 1.82) is 5.26 Å². The predicted octanol–water partition coefficient (Wildman–Crippen LogP) is 2.46. The average Bonchev–Trinajstić information content (AvgIpc) is 2.19. The number of carboxylic acids is 1. The molecule has 0 spiro atoms. The molecular weight excluding hydrogens is 190 g/mol. The number of aliphatic carboxylic acids is 1. The summed E-state index contributed by atoms with van der Waals surface area (Å²) >= 11 is 0.